The fourth-order valence-corrected chi connectivity index (χ4v) is 3.22. The number of benzene rings is 1. The summed E-state index contributed by atoms with van der Waals surface area (Å²) in [5.74, 6) is 1.42. The quantitative estimate of drug-likeness (QED) is 0.517. The van der Waals surface area contributed by atoms with Crippen molar-refractivity contribution in [1.82, 2.24) is 0 Å². The smallest absolute Gasteiger partial charge is 0.150 e. The van der Waals surface area contributed by atoms with Crippen LogP contribution in [-0.2, 0) is 6.42 Å². The third kappa shape index (κ3) is 3.97. The first-order valence-electron chi connectivity index (χ1n) is 7.47. The van der Waals surface area contributed by atoms with Crippen LogP contribution in [0.2, 0.25) is 0 Å². The van der Waals surface area contributed by atoms with E-state index in [9.17, 15) is 4.39 Å². The monoisotopic (exact) mass is 291 g/mol. The molecule has 0 amide bonds. The van der Waals surface area contributed by atoms with Crippen LogP contribution < -0.4 is 0 Å². The van der Waals surface area contributed by atoms with Crippen molar-refractivity contribution in [2.24, 2.45) is 16.8 Å². The van der Waals surface area contributed by atoms with E-state index < -0.39 is 0 Å². The molecule has 1 fully saturated rings. The number of aliphatic imine (C=N–C) groups is 1. The van der Waals surface area contributed by atoms with Gasteiger partial charge in [0, 0.05) is 0 Å². The second-order valence-corrected chi connectivity index (χ2v) is 6.29. The van der Waals surface area contributed by atoms with Crippen LogP contribution >= 0.6 is 12.2 Å². The molecule has 1 saturated carbocycles. The summed E-state index contributed by atoms with van der Waals surface area (Å²) >= 11 is 4.55. The molecular weight excluding hydrogens is 269 g/mol. The molecule has 1 aromatic rings. The fraction of sp³-hybridized carbons (Fsp3) is 0.588. The highest BCUT2D eigenvalue weighted by Crippen LogP contribution is 2.32. The number of rotatable bonds is 4. The van der Waals surface area contributed by atoms with E-state index in [1.54, 1.807) is 6.07 Å². The molecular formula is C17H22FNS. The predicted octanol–water partition coefficient (Wildman–Crippen LogP) is 5.63. The van der Waals surface area contributed by atoms with Crippen molar-refractivity contribution < 1.29 is 4.39 Å². The molecule has 1 aromatic carbocycles. The molecule has 0 aliphatic heterocycles. The maximum atomic E-state index is 13.9. The molecule has 0 N–H and O–H groups in total. The highest BCUT2D eigenvalue weighted by Gasteiger charge is 2.18. The highest BCUT2D eigenvalue weighted by atomic mass is 32.1. The Morgan fingerprint density at radius 3 is 2.60 bits per heavy atom. The summed E-state index contributed by atoms with van der Waals surface area (Å²) in [5, 5.41) is 2.24. The second-order valence-electron chi connectivity index (χ2n) is 6.11. The lowest BCUT2D eigenvalue weighted by Gasteiger charge is -2.26. The number of thiocarbonyl (C=S) groups is 1. The molecule has 0 heterocycles. The molecule has 0 radical (unpaired) electrons. The van der Waals surface area contributed by atoms with Crippen molar-refractivity contribution in [1.29, 1.82) is 0 Å². The number of hydrogen-bond acceptors (Lipinski definition) is 2. The van der Waals surface area contributed by atoms with Gasteiger partial charge in [0.2, 0.25) is 0 Å². The molecule has 0 unspecified atom stereocenters. The van der Waals surface area contributed by atoms with Crippen molar-refractivity contribution in [3.8, 4) is 0 Å². The van der Waals surface area contributed by atoms with Crippen LogP contribution in [0.4, 0.5) is 10.1 Å². The van der Waals surface area contributed by atoms with Gasteiger partial charge < -0.3 is 0 Å². The Bertz CT molecular complexity index is 489. The average Bonchev–Trinajstić information content (AvgIpc) is 2.42. The Morgan fingerprint density at radius 2 is 2.00 bits per heavy atom. The van der Waals surface area contributed by atoms with Crippen LogP contribution in [-0.4, -0.2) is 5.16 Å². The molecule has 1 aliphatic rings. The van der Waals surface area contributed by atoms with Crippen molar-refractivity contribution in [2.45, 2.75) is 52.4 Å². The number of halogens is 1. The SMILES string of the molecule is Cc1cc(CCC2CCC(C)CC2)cc(F)c1N=C=S. The lowest BCUT2D eigenvalue weighted by molar-refractivity contribution is 0.277. The first-order valence-corrected chi connectivity index (χ1v) is 7.88. The van der Waals surface area contributed by atoms with Crippen LogP contribution in [0.1, 0.15) is 50.2 Å². The van der Waals surface area contributed by atoms with Crippen molar-refractivity contribution in [3.63, 3.8) is 0 Å². The largest absolute Gasteiger partial charge is 0.205 e. The number of isothiocyanates is 1. The van der Waals surface area contributed by atoms with E-state index in [1.807, 2.05) is 13.0 Å². The minimum atomic E-state index is -0.283. The summed E-state index contributed by atoms with van der Waals surface area (Å²) in [6.45, 7) is 4.21. The first-order chi connectivity index (χ1) is 9.60. The Morgan fingerprint density at radius 1 is 1.30 bits per heavy atom. The maximum Gasteiger partial charge on any atom is 0.150 e. The number of aryl methyl sites for hydroxylation is 2. The highest BCUT2D eigenvalue weighted by molar-refractivity contribution is 7.78. The Balaban J connectivity index is 1.98. The molecule has 2 rings (SSSR count). The summed E-state index contributed by atoms with van der Waals surface area (Å²) in [6, 6.07) is 3.63. The van der Waals surface area contributed by atoms with Gasteiger partial charge in [0.25, 0.3) is 0 Å². The van der Waals surface area contributed by atoms with Gasteiger partial charge in [0.05, 0.1) is 5.16 Å². The van der Waals surface area contributed by atoms with E-state index in [2.05, 4.69) is 29.3 Å². The Labute approximate surface area is 126 Å². The minimum Gasteiger partial charge on any atom is -0.205 e. The Hall–Kier alpha value is -1.05. The van der Waals surface area contributed by atoms with Crippen molar-refractivity contribution in [2.75, 3.05) is 0 Å². The van der Waals surface area contributed by atoms with E-state index in [4.69, 9.17) is 0 Å². The normalized spacial score (nSPS) is 22.4. The molecule has 0 atom stereocenters. The lowest BCUT2D eigenvalue weighted by Crippen LogP contribution is -2.13. The molecule has 1 nitrogen and oxygen atoms in total. The van der Waals surface area contributed by atoms with Crippen LogP contribution in [0.15, 0.2) is 17.1 Å². The van der Waals surface area contributed by atoms with E-state index in [1.165, 1.54) is 32.1 Å². The zero-order valence-corrected chi connectivity index (χ0v) is 13.1. The summed E-state index contributed by atoms with van der Waals surface area (Å²) in [7, 11) is 0. The molecule has 20 heavy (non-hydrogen) atoms. The fourth-order valence-electron chi connectivity index (χ4n) is 3.13. The molecule has 108 valence electrons. The van der Waals surface area contributed by atoms with Crippen LogP contribution in [0.5, 0.6) is 0 Å². The van der Waals surface area contributed by atoms with Gasteiger partial charge in [-0.2, -0.15) is 4.99 Å². The van der Waals surface area contributed by atoms with Gasteiger partial charge >= 0.3 is 0 Å². The van der Waals surface area contributed by atoms with Gasteiger partial charge in [0.15, 0.2) is 0 Å². The standard InChI is InChI=1S/C17H22FNS/c1-12-3-5-14(6-4-12)7-8-15-9-13(2)17(19-11-20)16(18)10-15/h9-10,12,14H,3-8H2,1-2H3. The third-order valence-corrected chi connectivity index (χ3v) is 4.54. The van der Waals surface area contributed by atoms with Gasteiger partial charge in [-0.25, -0.2) is 4.39 Å². The molecule has 1 aliphatic carbocycles. The third-order valence-electron chi connectivity index (χ3n) is 4.45. The van der Waals surface area contributed by atoms with Crippen LogP contribution in [0.3, 0.4) is 0 Å². The lowest BCUT2D eigenvalue weighted by atomic mass is 9.80. The van der Waals surface area contributed by atoms with Gasteiger partial charge in [-0.15, -0.1) is 0 Å². The zero-order valence-electron chi connectivity index (χ0n) is 12.3. The van der Waals surface area contributed by atoms with Gasteiger partial charge in [0.1, 0.15) is 11.5 Å². The zero-order chi connectivity index (χ0) is 14.5. The number of hydrogen-bond donors (Lipinski definition) is 0. The molecule has 0 bridgehead atoms. The summed E-state index contributed by atoms with van der Waals surface area (Å²) in [5.41, 5.74) is 2.24. The van der Waals surface area contributed by atoms with Crippen molar-refractivity contribution in [3.05, 3.63) is 29.1 Å². The van der Waals surface area contributed by atoms with Gasteiger partial charge in [-0.3, -0.25) is 0 Å². The van der Waals surface area contributed by atoms with E-state index in [-0.39, 0.29) is 5.82 Å². The van der Waals surface area contributed by atoms with Crippen LogP contribution in [0.25, 0.3) is 0 Å². The van der Waals surface area contributed by atoms with E-state index >= 15 is 0 Å². The predicted molar refractivity (Wildman–Crippen MR) is 85.3 cm³/mol. The second kappa shape index (κ2) is 7.10. The number of nitrogens with zero attached hydrogens (tertiary/aromatic N) is 1. The molecule has 0 spiro atoms. The minimum absolute atomic E-state index is 0.283. The van der Waals surface area contributed by atoms with Gasteiger partial charge in [-0.05, 0) is 61.0 Å². The van der Waals surface area contributed by atoms with Gasteiger partial charge in [-0.1, -0.05) is 38.7 Å². The maximum absolute atomic E-state index is 13.9. The summed E-state index contributed by atoms with van der Waals surface area (Å²) in [4.78, 5) is 3.79. The first kappa shape index (κ1) is 15.3. The van der Waals surface area contributed by atoms with E-state index in [0.717, 1.165) is 29.4 Å². The van der Waals surface area contributed by atoms with E-state index in [0.29, 0.717) is 5.69 Å². The molecule has 0 aromatic heterocycles. The summed E-state index contributed by atoms with van der Waals surface area (Å²) < 4.78 is 13.9. The molecule has 3 heteroatoms. The van der Waals surface area contributed by atoms with Crippen LogP contribution in [0, 0.1) is 24.6 Å². The topological polar surface area (TPSA) is 12.4 Å². The summed E-state index contributed by atoms with van der Waals surface area (Å²) in [6.07, 6.45) is 7.48. The Kier molecular flexibility index (Phi) is 5.45. The van der Waals surface area contributed by atoms with Crippen molar-refractivity contribution >= 4 is 23.1 Å². The average molecular weight is 291 g/mol. The molecule has 0 saturated heterocycles.